The Labute approximate surface area is 156 Å². The van der Waals surface area contributed by atoms with Crippen molar-refractivity contribution in [1.29, 1.82) is 0 Å². The summed E-state index contributed by atoms with van der Waals surface area (Å²) in [6, 6.07) is 15.9. The summed E-state index contributed by atoms with van der Waals surface area (Å²) in [5.74, 6) is 0.719. The summed E-state index contributed by atoms with van der Waals surface area (Å²) in [6.07, 6.45) is 1.17. The maximum absolute atomic E-state index is 12.2. The summed E-state index contributed by atoms with van der Waals surface area (Å²) >= 11 is 0. The molecule has 0 aliphatic heterocycles. The smallest absolute Gasteiger partial charge is 0.224 e. The molecule has 0 bridgehead atoms. The number of methoxy groups -OCH3 is 1. The molecule has 4 heteroatoms. The molecule has 2 aromatic rings. The Balaban J connectivity index is 1.84. The summed E-state index contributed by atoms with van der Waals surface area (Å²) < 4.78 is 10.5. The summed E-state index contributed by atoms with van der Waals surface area (Å²) in [5, 5.41) is 2.93. The maximum atomic E-state index is 12.2. The van der Waals surface area contributed by atoms with Gasteiger partial charge in [-0.25, -0.2) is 0 Å². The van der Waals surface area contributed by atoms with Gasteiger partial charge >= 0.3 is 0 Å². The van der Waals surface area contributed by atoms with Crippen LogP contribution in [0.2, 0.25) is 0 Å². The zero-order chi connectivity index (χ0) is 19.0. The van der Waals surface area contributed by atoms with Crippen molar-refractivity contribution in [2.24, 2.45) is 0 Å². The summed E-state index contributed by atoms with van der Waals surface area (Å²) in [7, 11) is 1.64. The zero-order valence-corrected chi connectivity index (χ0v) is 16.2. The van der Waals surface area contributed by atoms with Gasteiger partial charge in [0.1, 0.15) is 12.4 Å². The van der Waals surface area contributed by atoms with E-state index in [1.165, 1.54) is 11.1 Å². The van der Waals surface area contributed by atoms with E-state index in [1.807, 2.05) is 24.3 Å². The van der Waals surface area contributed by atoms with Gasteiger partial charge in [0, 0.05) is 25.3 Å². The Bertz CT molecular complexity index is 702. The largest absolute Gasteiger partial charge is 0.491 e. The van der Waals surface area contributed by atoms with Crippen LogP contribution in [-0.2, 0) is 21.4 Å². The number of hydrogen-bond acceptors (Lipinski definition) is 3. The quantitative estimate of drug-likeness (QED) is 0.705. The monoisotopic (exact) mass is 355 g/mol. The van der Waals surface area contributed by atoms with Gasteiger partial charge in [-0.2, -0.15) is 0 Å². The number of ether oxygens (including phenoxy) is 2. The zero-order valence-electron chi connectivity index (χ0n) is 16.2. The van der Waals surface area contributed by atoms with Gasteiger partial charge in [-0.3, -0.25) is 4.79 Å². The van der Waals surface area contributed by atoms with Crippen LogP contribution in [0.1, 0.15) is 38.3 Å². The highest BCUT2D eigenvalue weighted by Gasteiger charge is 2.13. The first kappa shape index (κ1) is 20.0. The summed E-state index contributed by atoms with van der Waals surface area (Å²) in [6.45, 7) is 7.61. The third kappa shape index (κ3) is 6.52. The molecule has 0 unspecified atom stereocenters. The van der Waals surface area contributed by atoms with Gasteiger partial charge in [0.25, 0.3) is 0 Å². The predicted molar refractivity (Wildman–Crippen MR) is 106 cm³/mol. The van der Waals surface area contributed by atoms with E-state index < -0.39 is 0 Å². The van der Waals surface area contributed by atoms with Crippen molar-refractivity contribution in [3.8, 4) is 5.75 Å². The molecular weight excluding hydrogens is 326 g/mol. The highest BCUT2D eigenvalue weighted by Crippen LogP contribution is 2.22. The number of carbonyl (C=O) groups excluding carboxylic acids is 1. The molecule has 0 radical (unpaired) electrons. The van der Waals surface area contributed by atoms with E-state index in [9.17, 15) is 4.79 Å². The lowest BCUT2D eigenvalue weighted by Gasteiger charge is -2.19. The Hall–Kier alpha value is -2.33. The fourth-order valence-corrected chi connectivity index (χ4v) is 2.56. The van der Waals surface area contributed by atoms with E-state index >= 15 is 0 Å². The van der Waals surface area contributed by atoms with E-state index in [0.29, 0.717) is 19.6 Å². The van der Waals surface area contributed by atoms with E-state index in [1.54, 1.807) is 7.11 Å². The van der Waals surface area contributed by atoms with Crippen molar-refractivity contribution in [2.45, 2.75) is 39.0 Å². The molecule has 0 aliphatic rings. The highest BCUT2D eigenvalue weighted by atomic mass is 16.5. The van der Waals surface area contributed by atoms with Gasteiger partial charge < -0.3 is 14.8 Å². The first-order chi connectivity index (χ1) is 12.4. The van der Waals surface area contributed by atoms with Crippen LogP contribution in [0.25, 0.3) is 0 Å². The minimum Gasteiger partial charge on any atom is -0.491 e. The fraction of sp³-hybridized carbons (Fsp3) is 0.409. The predicted octanol–water partition coefficient (Wildman–Crippen LogP) is 4.58. The van der Waals surface area contributed by atoms with E-state index in [0.717, 1.165) is 17.9 Å². The molecule has 0 heterocycles. The molecule has 26 heavy (non-hydrogen) atoms. The van der Waals surface area contributed by atoms with Crippen molar-refractivity contribution in [3.05, 3.63) is 59.7 Å². The molecule has 1 N–H and O–H groups in total. The lowest BCUT2D eigenvalue weighted by molar-refractivity contribution is -0.116. The van der Waals surface area contributed by atoms with E-state index in [2.05, 4.69) is 50.4 Å². The maximum Gasteiger partial charge on any atom is 0.224 e. The topological polar surface area (TPSA) is 47.6 Å². The van der Waals surface area contributed by atoms with Crippen LogP contribution in [-0.4, -0.2) is 26.2 Å². The second-order valence-electron chi connectivity index (χ2n) is 7.36. The average molecular weight is 355 g/mol. The van der Waals surface area contributed by atoms with Crippen molar-refractivity contribution in [1.82, 2.24) is 0 Å². The van der Waals surface area contributed by atoms with Crippen LogP contribution in [0.5, 0.6) is 5.75 Å². The van der Waals surface area contributed by atoms with Gasteiger partial charge in [0.2, 0.25) is 5.91 Å². The Morgan fingerprint density at radius 1 is 1.04 bits per heavy atom. The van der Waals surface area contributed by atoms with Crippen LogP contribution in [0.15, 0.2) is 48.5 Å². The molecule has 140 valence electrons. The number of amides is 1. The first-order valence-corrected chi connectivity index (χ1v) is 8.99. The summed E-state index contributed by atoms with van der Waals surface area (Å²) in [4.78, 5) is 12.2. The van der Waals surface area contributed by atoms with Gasteiger partial charge in [0.15, 0.2) is 0 Å². The van der Waals surface area contributed by atoms with Gasteiger partial charge in [-0.15, -0.1) is 0 Å². The van der Waals surface area contributed by atoms with Crippen LogP contribution in [0, 0.1) is 0 Å². The van der Waals surface area contributed by atoms with Gasteiger partial charge in [-0.1, -0.05) is 51.1 Å². The minimum atomic E-state index is -0.000982. The molecule has 1 amide bonds. The standard InChI is InChI=1S/C22H29NO3/c1-22(2,3)18-11-8-17(9-12-18)10-13-21(24)23-19-6-5-7-20(16-19)26-15-14-25-4/h5-9,11-12,16H,10,13-15H2,1-4H3,(H,23,24). The molecule has 0 fully saturated rings. The highest BCUT2D eigenvalue weighted by molar-refractivity contribution is 5.91. The van der Waals surface area contributed by atoms with E-state index in [4.69, 9.17) is 9.47 Å². The molecule has 0 aromatic heterocycles. The molecule has 2 aromatic carbocycles. The van der Waals surface area contributed by atoms with Crippen molar-refractivity contribution < 1.29 is 14.3 Å². The number of rotatable bonds is 8. The molecule has 0 atom stereocenters. The number of hydrogen-bond donors (Lipinski definition) is 1. The first-order valence-electron chi connectivity index (χ1n) is 8.99. The fourth-order valence-electron chi connectivity index (χ4n) is 2.56. The van der Waals surface area contributed by atoms with Gasteiger partial charge in [-0.05, 0) is 35.1 Å². The number of benzene rings is 2. The third-order valence-corrected chi connectivity index (χ3v) is 4.13. The Morgan fingerprint density at radius 3 is 2.42 bits per heavy atom. The Kier molecular flexibility index (Phi) is 7.22. The van der Waals surface area contributed by atoms with Gasteiger partial charge in [0.05, 0.1) is 6.61 Å². The van der Waals surface area contributed by atoms with Crippen molar-refractivity contribution >= 4 is 11.6 Å². The number of anilines is 1. The lowest BCUT2D eigenvalue weighted by Crippen LogP contribution is -2.13. The molecule has 4 nitrogen and oxygen atoms in total. The van der Waals surface area contributed by atoms with Crippen molar-refractivity contribution in [3.63, 3.8) is 0 Å². The molecule has 2 rings (SSSR count). The molecule has 0 saturated carbocycles. The normalized spacial score (nSPS) is 11.2. The van der Waals surface area contributed by atoms with Crippen molar-refractivity contribution in [2.75, 3.05) is 25.6 Å². The Morgan fingerprint density at radius 2 is 1.77 bits per heavy atom. The molecule has 0 spiro atoms. The number of nitrogens with one attached hydrogen (secondary N) is 1. The molecular formula is C22H29NO3. The van der Waals surface area contributed by atoms with Crippen LogP contribution < -0.4 is 10.1 Å². The van der Waals surface area contributed by atoms with Crippen LogP contribution in [0.4, 0.5) is 5.69 Å². The average Bonchev–Trinajstić information content (AvgIpc) is 2.60. The molecule has 0 saturated heterocycles. The second-order valence-corrected chi connectivity index (χ2v) is 7.36. The second kappa shape index (κ2) is 9.39. The summed E-state index contributed by atoms with van der Waals surface area (Å²) in [5.41, 5.74) is 3.36. The third-order valence-electron chi connectivity index (χ3n) is 4.13. The minimum absolute atomic E-state index is 0.000982. The number of aryl methyl sites for hydroxylation is 1. The van der Waals surface area contributed by atoms with Crippen LogP contribution >= 0.6 is 0 Å². The SMILES string of the molecule is COCCOc1cccc(NC(=O)CCc2ccc(C(C)(C)C)cc2)c1. The van der Waals surface area contributed by atoms with E-state index in [-0.39, 0.29) is 11.3 Å². The molecule has 0 aliphatic carbocycles. The lowest BCUT2D eigenvalue weighted by atomic mass is 9.86. The number of carbonyl (C=O) groups is 1. The van der Waals surface area contributed by atoms with Crippen LogP contribution in [0.3, 0.4) is 0 Å².